The number of carbonyl (C=O) groups is 1. The number of furan rings is 1. The molecular weight excluding hydrogens is 306 g/mol. The lowest BCUT2D eigenvalue weighted by molar-refractivity contribution is -0.132. The molecule has 0 bridgehead atoms. The molecule has 2 heterocycles. The van der Waals surface area contributed by atoms with Gasteiger partial charge >= 0.3 is 0 Å². The van der Waals surface area contributed by atoms with Crippen LogP contribution in [0.4, 0.5) is 0 Å². The van der Waals surface area contributed by atoms with Crippen LogP contribution in [0.3, 0.4) is 0 Å². The summed E-state index contributed by atoms with van der Waals surface area (Å²) in [7, 11) is -1.39. The van der Waals surface area contributed by atoms with Crippen molar-refractivity contribution in [1.82, 2.24) is 14.1 Å². The number of nitrogens with zero attached hydrogens (tertiary/aromatic N) is 3. The first kappa shape index (κ1) is 17.0. The molecule has 1 aliphatic rings. The molecule has 0 radical (unpaired) electrons. The lowest BCUT2D eigenvalue weighted by atomic mass is 10.3. The maximum atomic E-state index is 12.2. The van der Waals surface area contributed by atoms with E-state index in [-0.39, 0.29) is 5.91 Å². The Labute approximate surface area is 131 Å². The number of aryl methyl sites for hydroxylation is 1. The smallest absolute Gasteiger partial charge is 0.236 e. The fourth-order valence-electron chi connectivity index (χ4n) is 2.42. The highest BCUT2D eigenvalue weighted by atomic mass is 32.2. The molecule has 1 fully saturated rings. The van der Waals surface area contributed by atoms with Gasteiger partial charge < -0.3 is 9.32 Å². The Kier molecular flexibility index (Phi) is 5.25. The number of likely N-dealkylation sites (N-methyl/N-ethyl adjacent to an activating group) is 1. The molecule has 0 aliphatic carbocycles. The molecule has 1 aromatic heterocycles. The minimum Gasteiger partial charge on any atom is -0.464 e. The third-order valence-corrected chi connectivity index (χ3v) is 5.08. The lowest BCUT2D eigenvalue weighted by Crippen LogP contribution is -2.50. The van der Waals surface area contributed by atoms with Crippen molar-refractivity contribution >= 4 is 15.9 Å². The fourth-order valence-corrected chi connectivity index (χ4v) is 3.25. The van der Waals surface area contributed by atoms with Gasteiger partial charge in [0.05, 0.1) is 19.3 Å². The molecule has 0 atom stereocenters. The molecule has 8 heteroatoms. The average Bonchev–Trinajstić information content (AvgIpc) is 2.83. The van der Waals surface area contributed by atoms with Gasteiger partial charge in [0.1, 0.15) is 11.5 Å². The second kappa shape index (κ2) is 6.80. The van der Waals surface area contributed by atoms with Crippen molar-refractivity contribution in [3.63, 3.8) is 0 Å². The van der Waals surface area contributed by atoms with Crippen LogP contribution in [0.1, 0.15) is 11.5 Å². The number of hydrogen-bond acceptors (Lipinski definition) is 5. The summed E-state index contributed by atoms with van der Waals surface area (Å²) in [5, 5.41) is 0. The van der Waals surface area contributed by atoms with Gasteiger partial charge in [-0.2, -0.15) is 4.31 Å². The molecule has 0 unspecified atom stereocenters. The molecular formula is C14H23N3O4S. The summed E-state index contributed by atoms with van der Waals surface area (Å²) < 4.78 is 29.8. The summed E-state index contributed by atoms with van der Waals surface area (Å²) in [5.41, 5.74) is 0. The highest BCUT2D eigenvalue weighted by molar-refractivity contribution is 7.88. The normalized spacial score (nSPS) is 17.6. The summed E-state index contributed by atoms with van der Waals surface area (Å²) in [5.74, 6) is 1.59. The van der Waals surface area contributed by atoms with Gasteiger partial charge in [-0.3, -0.25) is 9.69 Å². The molecule has 124 valence electrons. The van der Waals surface area contributed by atoms with Gasteiger partial charge in [0.25, 0.3) is 0 Å². The van der Waals surface area contributed by atoms with Crippen molar-refractivity contribution in [2.45, 2.75) is 13.5 Å². The van der Waals surface area contributed by atoms with Gasteiger partial charge in [-0.1, -0.05) is 0 Å². The van der Waals surface area contributed by atoms with Crippen LogP contribution in [0.25, 0.3) is 0 Å². The third-order valence-electron chi connectivity index (χ3n) is 3.77. The van der Waals surface area contributed by atoms with Gasteiger partial charge in [-0.15, -0.1) is 0 Å². The molecule has 7 nitrogen and oxygen atoms in total. The van der Waals surface area contributed by atoms with Crippen molar-refractivity contribution < 1.29 is 17.6 Å². The Morgan fingerprint density at radius 1 is 1.27 bits per heavy atom. The van der Waals surface area contributed by atoms with Crippen molar-refractivity contribution in [1.29, 1.82) is 0 Å². The quantitative estimate of drug-likeness (QED) is 0.767. The molecule has 0 N–H and O–H groups in total. The second-order valence-electron chi connectivity index (χ2n) is 5.70. The van der Waals surface area contributed by atoms with Crippen LogP contribution in [0, 0.1) is 6.92 Å². The van der Waals surface area contributed by atoms with Gasteiger partial charge in [0.15, 0.2) is 0 Å². The SMILES string of the molecule is Cc1ccc(CN(C)C(=O)CN2CCN(S(C)(=O)=O)CC2)o1. The molecule has 2 rings (SSSR count). The molecule has 0 spiro atoms. The van der Waals surface area contributed by atoms with E-state index in [9.17, 15) is 13.2 Å². The Hall–Kier alpha value is -1.38. The molecule has 1 amide bonds. The van der Waals surface area contributed by atoms with E-state index in [0.29, 0.717) is 39.3 Å². The topological polar surface area (TPSA) is 74.1 Å². The minimum atomic E-state index is -3.13. The highest BCUT2D eigenvalue weighted by Crippen LogP contribution is 2.10. The predicted octanol–water partition coefficient (Wildman–Crippen LogP) is 0.124. The summed E-state index contributed by atoms with van der Waals surface area (Å²) in [6.45, 7) is 4.63. The Bertz CT molecular complexity index is 618. The number of carbonyl (C=O) groups excluding carboxylic acids is 1. The molecule has 1 aliphatic heterocycles. The molecule has 22 heavy (non-hydrogen) atoms. The van der Waals surface area contributed by atoms with E-state index in [2.05, 4.69) is 0 Å². The van der Waals surface area contributed by atoms with Crippen LogP contribution in [-0.2, 0) is 21.4 Å². The number of hydrogen-bond donors (Lipinski definition) is 0. The first-order valence-corrected chi connectivity index (χ1v) is 9.07. The van der Waals surface area contributed by atoms with Crippen LogP contribution in [0.2, 0.25) is 0 Å². The van der Waals surface area contributed by atoms with Crippen molar-refractivity contribution in [3.05, 3.63) is 23.7 Å². The Morgan fingerprint density at radius 2 is 1.91 bits per heavy atom. The third kappa shape index (κ3) is 4.56. The van der Waals surface area contributed by atoms with E-state index >= 15 is 0 Å². The number of amides is 1. The zero-order valence-electron chi connectivity index (χ0n) is 13.3. The average molecular weight is 329 g/mol. The van der Waals surface area contributed by atoms with E-state index < -0.39 is 10.0 Å². The maximum absolute atomic E-state index is 12.2. The number of rotatable bonds is 5. The minimum absolute atomic E-state index is 0.00172. The first-order chi connectivity index (χ1) is 10.3. The van der Waals surface area contributed by atoms with E-state index in [0.717, 1.165) is 11.5 Å². The number of piperazine rings is 1. The second-order valence-corrected chi connectivity index (χ2v) is 7.68. The van der Waals surface area contributed by atoms with Gasteiger partial charge in [0.2, 0.25) is 15.9 Å². The number of sulfonamides is 1. The molecule has 0 saturated carbocycles. The zero-order valence-corrected chi connectivity index (χ0v) is 14.1. The summed E-state index contributed by atoms with van der Waals surface area (Å²) in [6, 6.07) is 3.74. The van der Waals surface area contributed by atoms with Crippen LogP contribution in [0.5, 0.6) is 0 Å². The van der Waals surface area contributed by atoms with Gasteiger partial charge in [-0.25, -0.2) is 8.42 Å². The van der Waals surface area contributed by atoms with E-state index in [1.54, 1.807) is 11.9 Å². The van der Waals surface area contributed by atoms with Crippen molar-refractivity contribution in [2.75, 3.05) is 46.0 Å². The first-order valence-electron chi connectivity index (χ1n) is 7.22. The van der Waals surface area contributed by atoms with Crippen molar-refractivity contribution in [3.8, 4) is 0 Å². The standard InChI is InChI=1S/C14H23N3O4S/c1-12-4-5-13(21-12)10-15(2)14(18)11-16-6-8-17(9-7-16)22(3,19)20/h4-5H,6-11H2,1-3H3. The van der Waals surface area contributed by atoms with Gasteiger partial charge in [-0.05, 0) is 19.1 Å². The molecule has 1 aromatic rings. The summed E-state index contributed by atoms with van der Waals surface area (Å²) in [4.78, 5) is 15.8. The van der Waals surface area contributed by atoms with Crippen LogP contribution in [0.15, 0.2) is 16.5 Å². The summed E-state index contributed by atoms with van der Waals surface area (Å²) in [6.07, 6.45) is 1.22. The fraction of sp³-hybridized carbons (Fsp3) is 0.643. The lowest BCUT2D eigenvalue weighted by Gasteiger charge is -2.33. The zero-order chi connectivity index (χ0) is 16.3. The van der Waals surface area contributed by atoms with Gasteiger partial charge in [0, 0.05) is 33.2 Å². The Balaban J connectivity index is 1.80. The van der Waals surface area contributed by atoms with E-state index in [1.165, 1.54) is 10.6 Å². The van der Waals surface area contributed by atoms with Crippen molar-refractivity contribution in [2.24, 2.45) is 0 Å². The van der Waals surface area contributed by atoms with Crippen LogP contribution in [-0.4, -0.2) is 74.5 Å². The summed E-state index contributed by atoms with van der Waals surface area (Å²) >= 11 is 0. The predicted molar refractivity (Wildman–Crippen MR) is 82.8 cm³/mol. The maximum Gasteiger partial charge on any atom is 0.236 e. The molecule has 0 aromatic carbocycles. The van der Waals surface area contributed by atoms with E-state index in [4.69, 9.17) is 4.42 Å². The Morgan fingerprint density at radius 3 is 2.41 bits per heavy atom. The molecule has 1 saturated heterocycles. The highest BCUT2D eigenvalue weighted by Gasteiger charge is 2.25. The van der Waals surface area contributed by atoms with Crippen LogP contribution < -0.4 is 0 Å². The van der Waals surface area contributed by atoms with E-state index in [1.807, 2.05) is 24.0 Å². The largest absolute Gasteiger partial charge is 0.464 e. The van der Waals surface area contributed by atoms with Crippen LogP contribution >= 0.6 is 0 Å². The monoisotopic (exact) mass is 329 g/mol.